The van der Waals surface area contributed by atoms with Gasteiger partial charge in [0.15, 0.2) is 0 Å². The molecule has 2 aliphatic heterocycles. The summed E-state index contributed by atoms with van der Waals surface area (Å²) < 4.78 is 5.93. The molecule has 1 aromatic rings. The molecule has 2 N–H and O–H groups in total. The summed E-state index contributed by atoms with van der Waals surface area (Å²) >= 11 is 6.48. The lowest BCUT2D eigenvalue weighted by Gasteiger charge is -2.41. The number of hydrogen-bond donors (Lipinski definition) is 2. The van der Waals surface area contributed by atoms with E-state index in [2.05, 4.69) is 43.2 Å². The van der Waals surface area contributed by atoms with Crippen LogP contribution in [0.5, 0.6) is 0 Å². The zero-order valence-electron chi connectivity index (χ0n) is 20.2. The highest BCUT2D eigenvalue weighted by Crippen LogP contribution is 2.33. The average molecular weight is 464 g/mol. The van der Waals surface area contributed by atoms with E-state index < -0.39 is 0 Å². The van der Waals surface area contributed by atoms with Gasteiger partial charge in [-0.25, -0.2) is 0 Å². The van der Waals surface area contributed by atoms with Gasteiger partial charge in [0.25, 0.3) is 5.91 Å². The number of hydrogen-bond acceptors (Lipinski definition) is 4. The molecule has 0 spiro atoms. The molecule has 32 heavy (non-hydrogen) atoms. The van der Waals surface area contributed by atoms with Crippen LogP contribution in [0.15, 0.2) is 12.1 Å². The van der Waals surface area contributed by atoms with Crippen LogP contribution in [0, 0.1) is 18.8 Å². The van der Waals surface area contributed by atoms with Crippen molar-refractivity contribution in [2.24, 2.45) is 11.8 Å². The molecule has 6 nitrogen and oxygen atoms in total. The number of carbonyl (C=O) groups is 2. The van der Waals surface area contributed by atoms with E-state index in [1.807, 2.05) is 19.9 Å². The molecule has 4 unspecified atom stereocenters. The highest BCUT2D eigenvalue weighted by molar-refractivity contribution is 6.31. The first kappa shape index (κ1) is 24.8. The Bertz CT molecular complexity index is 836. The molecule has 0 aliphatic carbocycles. The van der Waals surface area contributed by atoms with Gasteiger partial charge in [-0.05, 0) is 77.5 Å². The Balaban J connectivity index is 1.79. The number of nitrogens with one attached hydrogen (secondary N) is 2. The van der Waals surface area contributed by atoms with E-state index in [0.29, 0.717) is 23.2 Å². The minimum absolute atomic E-state index is 0.0139. The number of carbonyl (C=O) groups excluding carboxylic acids is 2. The second kappa shape index (κ2) is 10.4. The van der Waals surface area contributed by atoms with Gasteiger partial charge >= 0.3 is 0 Å². The Morgan fingerprint density at radius 1 is 1.19 bits per heavy atom. The van der Waals surface area contributed by atoms with Gasteiger partial charge in [0.05, 0.1) is 18.1 Å². The van der Waals surface area contributed by atoms with Crippen LogP contribution < -0.4 is 15.5 Å². The lowest BCUT2D eigenvalue weighted by Crippen LogP contribution is -2.50. The summed E-state index contributed by atoms with van der Waals surface area (Å²) in [7, 11) is 0. The summed E-state index contributed by atoms with van der Waals surface area (Å²) in [6.45, 7) is 13.6. The third-order valence-electron chi connectivity index (χ3n) is 6.97. The summed E-state index contributed by atoms with van der Waals surface area (Å²) in [5.74, 6) is -0.163. The second-order valence-electron chi connectivity index (χ2n) is 9.71. The molecule has 7 heteroatoms. The molecular weight excluding hydrogens is 426 g/mol. The van der Waals surface area contributed by atoms with Crippen LogP contribution in [0.2, 0.25) is 5.02 Å². The zero-order chi connectivity index (χ0) is 23.6. The van der Waals surface area contributed by atoms with Crippen molar-refractivity contribution >= 4 is 29.1 Å². The van der Waals surface area contributed by atoms with E-state index in [4.69, 9.17) is 16.3 Å². The fourth-order valence-corrected chi connectivity index (χ4v) is 5.64. The lowest BCUT2D eigenvalue weighted by molar-refractivity contribution is -0.129. The average Bonchev–Trinajstić information content (AvgIpc) is 2.69. The third kappa shape index (κ3) is 5.57. The largest absolute Gasteiger partial charge is 0.375 e. The van der Waals surface area contributed by atoms with Crippen molar-refractivity contribution in [1.29, 1.82) is 0 Å². The Kier molecular flexibility index (Phi) is 8.10. The summed E-state index contributed by atoms with van der Waals surface area (Å²) in [6, 6.07) is 4.20. The molecule has 2 amide bonds. The predicted octanol–water partition coefficient (Wildman–Crippen LogP) is 4.32. The standard InChI is InChI=1S/C25H38ClN3O3/c1-7-29(20-9-16(4)32-17(5)10-20)23-12-19(26)11-21(18(23)6)24(30)27-13-22-14(2)8-15(3)28-25(22)31/h11-12,14-17,20,22H,7-10,13H2,1-6H3,(H,27,30)(H,28,31)/t14?,15?,16-,17+,20?,22?. The number of piperidine rings is 1. The second-order valence-corrected chi connectivity index (χ2v) is 10.1. The molecule has 0 radical (unpaired) electrons. The molecule has 2 saturated heterocycles. The van der Waals surface area contributed by atoms with Crippen LogP contribution in [-0.4, -0.2) is 49.2 Å². The van der Waals surface area contributed by atoms with Crippen LogP contribution in [0.4, 0.5) is 5.69 Å². The van der Waals surface area contributed by atoms with Crippen molar-refractivity contribution in [3.8, 4) is 0 Å². The van der Waals surface area contributed by atoms with E-state index >= 15 is 0 Å². The molecule has 1 aromatic carbocycles. The first-order valence-electron chi connectivity index (χ1n) is 11.9. The van der Waals surface area contributed by atoms with Gasteiger partial charge < -0.3 is 20.3 Å². The highest BCUT2D eigenvalue weighted by Gasteiger charge is 2.33. The van der Waals surface area contributed by atoms with Gasteiger partial charge in [-0.2, -0.15) is 0 Å². The normalized spacial score (nSPS) is 30.5. The van der Waals surface area contributed by atoms with E-state index in [0.717, 1.165) is 37.1 Å². The quantitative estimate of drug-likeness (QED) is 0.659. The first-order valence-corrected chi connectivity index (χ1v) is 12.3. The van der Waals surface area contributed by atoms with Crippen molar-refractivity contribution in [3.05, 3.63) is 28.3 Å². The Hall–Kier alpha value is -1.79. The van der Waals surface area contributed by atoms with Crippen molar-refractivity contribution in [2.75, 3.05) is 18.0 Å². The van der Waals surface area contributed by atoms with Crippen LogP contribution >= 0.6 is 11.6 Å². The van der Waals surface area contributed by atoms with Crippen molar-refractivity contribution < 1.29 is 14.3 Å². The molecular formula is C25H38ClN3O3. The number of rotatable bonds is 6. The van der Waals surface area contributed by atoms with Gasteiger partial charge in [0.2, 0.25) is 5.91 Å². The van der Waals surface area contributed by atoms with Crippen molar-refractivity contribution in [3.63, 3.8) is 0 Å². The van der Waals surface area contributed by atoms with Gasteiger partial charge in [-0.1, -0.05) is 18.5 Å². The number of halogens is 1. The third-order valence-corrected chi connectivity index (χ3v) is 7.19. The molecule has 178 valence electrons. The lowest BCUT2D eigenvalue weighted by atomic mass is 9.84. The Labute approximate surface area is 197 Å². The van der Waals surface area contributed by atoms with Crippen LogP contribution in [0.1, 0.15) is 69.8 Å². The summed E-state index contributed by atoms with van der Waals surface area (Å²) in [5.41, 5.74) is 2.47. The van der Waals surface area contributed by atoms with Gasteiger partial charge in [0, 0.05) is 41.4 Å². The van der Waals surface area contributed by atoms with Gasteiger partial charge in [0.1, 0.15) is 0 Å². The predicted molar refractivity (Wildman–Crippen MR) is 129 cm³/mol. The van der Waals surface area contributed by atoms with Crippen LogP contribution in [-0.2, 0) is 9.53 Å². The van der Waals surface area contributed by atoms with Crippen molar-refractivity contribution in [1.82, 2.24) is 10.6 Å². The highest BCUT2D eigenvalue weighted by atomic mass is 35.5. The van der Waals surface area contributed by atoms with E-state index in [-0.39, 0.29) is 41.9 Å². The topological polar surface area (TPSA) is 70.7 Å². The molecule has 2 fully saturated rings. The Morgan fingerprint density at radius 3 is 2.44 bits per heavy atom. The minimum Gasteiger partial charge on any atom is -0.375 e. The summed E-state index contributed by atoms with van der Waals surface area (Å²) in [5, 5.41) is 6.53. The Morgan fingerprint density at radius 2 is 1.84 bits per heavy atom. The molecule has 6 atom stereocenters. The number of ether oxygens (including phenoxy) is 1. The van der Waals surface area contributed by atoms with Gasteiger partial charge in [-0.3, -0.25) is 9.59 Å². The van der Waals surface area contributed by atoms with E-state index in [1.165, 1.54) is 0 Å². The summed E-state index contributed by atoms with van der Waals surface area (Å²) in [6.07, 6.45) is 3.20. The van der Waals surface area contributed by atoms with E-state index in [1.54, 1.807) is 6.07 Å². The van der Waals surface area contributed by atoms with Crippen LogP contribution in [0.3, 0.4) is 0 Å². The molecule has 2 aliphatic rings. The molecule has 0 saturated carbocycles. The maximum atomic E-state index is 13.1. The maximum absolute atomic E-state index is 13.1. The zero-order valence-corrected chi connectivity index (χ0v) is 21.0. The number of nitrogens with zero attached hydrogens (tertiary/aromatic N) is 1. The smallest absolute Gasteiger partial charge is 0.251 e. The van der Waals surface area contributed by atoms with E-state index in [9.17, 15) is 9.59 Å². The SMILES string of the molecule is CCN(c1cc(Cl)cc(C(=O)NCC2C(=O)NC(C)CC2C)c1C)C1C[C@@H](C)O[C@@H](C)C1. The monoisotopic (exact) mass is 463 g/mol. The molecule has 3 rings (SSSR count). The summed E-state index contributed by atoms with van der Waals surface area (Å²) in [4.78, 5) is 27.9. The minimum atomic E-state index is -0.216. The fraction of sp³-hybridized carbons (Fsp3) is 0.680. The number of benzene rings is 1. The molecule has 0 aromatic heterocycles. The van der Waals surface area contributed by atoms with Crippen LogP contribution in [0.25, 0.3) is 0 Å². The first-order chi connectivity index (χ1) is 15.1. The molecule has 2 heterocycles. The van der Waals surface area contributed by atoms with Crippen molar-refractivity contribution in [2.45, 2.75) is 85.1 Å². The number of anilines is 1. The van der Waals surface area contributed by atoms with Gasteiger partial charge in [-0.15, -0.1) is 0 Å². The number of amides is 2. The fourth-order valence-electron chi connectivity index (χ4n) is 5.43. The molecule has 0 bridgehead atoms. The maximum Gasteiger partial charge on any atom is 0.251 e.